The van der Waals surface area contributed by atoms with Gasteiger partial charge in [-0.15, -0.1) is 0 Å². The number of hydrogen-bond donors (Lipinski definition) is 3. The Morgan fingerprint density at radius 2 is 1.60 bits per heavy atom. The van der Waals surface area contributed by atoms with E-state index in [0.717, 1.165) is 30.6 Å². The van der Waals surface area contributed by atoms with E-state index >= 15 is 0 Å². The number of hydrazine groups is 1. The zero-order valence-electron chi connectivity index (χ0n) is 17.2. The summed E-state index contributed by atoms with van der Waals surface area (Å²) < 4.78 is 10.7. The number of carbonyl (C=O) groups is 2. The number of thiocarbonyl (C=S) groups is 1. The third-order valence-electron chi connectivity index (χ3n) is 4.20. The van der Waals surface area contributed by atoms with Crippen LogP contribution in [-0.2, 0) is 11.2 Å². The van der Waals surface area contributed by atoms with Gasteiger partial charge in [0.05, 0.1) is 20.1 Å². The molecule has 2 amide bonds. The molecule has 2 rings (SSSR count). The first-order valence-electron chi connectivity index (χ1n) is 9.77. The molecule has 2 aromatic carbocycles. The molecule has 0 spiro atoms. The summed E-state index contributed by atoms with van der Waals surface area (Å²) in [7, 11) is 1.58. The van der Waals surface area contributed by atoms with Gasteiger partial charge in [-0.1, -0.05) is 31.9 Å². The summed E-state index contributed by atoms with van der Waals surface area (Å²) in [6.07, 6.45) is 3.43. The Labute approximate surface area is 182 Å². The van der Waals surface area contributed by atoms with E-state index in [4.69, 9.17) is 21.7 Å². The van der Waals surface area contributed by atoms with Crippen molar-refractivity contribution in [2.75, 3.05) is 13.7 Å². The van der Waals surface area contributed by atoms with E-state index < -0.39 is 0 Å². The molecule has 0 saturated heterocycles. The summed E-state index contributed by atoms with van der Waals surface area (Å²) in [6.45, 7) is 2.79. The van der Waals surface area contributed by atoms with Gasteiger partial charge in [-0.2, -0.15) is 0 Å². The van der Waals surface area contributed by atoms with Gasteiger partial charge in [0, 0.05) is 5.56 Å². The Kier molecular flexibility index (Phi) is 9.60. The second-order valence-electron chi connectivity index (χ2n) is 6.56. The van der Waals surface area contributed by atoms with Crippen LogP contribution in [-0.4, -0.2) is 30.6 Å². The van der Waals surface area contributed by atoms with Crippen LogP contribution in [0, 0.1) is 0 Å². The highest BCUT2D eigenvalue weighted by atomic mass is 32.1. The third kappa shape index (κ3) is 8.08. The molecule has 7 nitrogen and oxygen atoms in total. The first kappa shape index (κ1) is 23.2. The van der Waals surface area contributed by atoms with E-state index in [0.29, 0.717) is 17.9 Å². The first-order chi connectivity index (χ1) is 14.5. The van der Waals surface area contributed by atoms with Gasteiger partial charge in [-0.25, -0.2) is 0 Å². The molecule has 0 aliphatic rings. The zero-order valence-corrected chi connectivity index (χ0v) is 18.0. The molecule has 0 aliphatic heterocycles. The normalized spacial score (nSPS) is 10.1. The summed E-state index contributed by atoms with van der Waals surface area (Å²) in [6, 6.07) is 14.0. The van der Waals surface area contributed by atoms with Crippen molar-refractivity contribution in [2.45, 2.75) is 32.6 Å². The van der Waals surface area contributed by atoms with Gasteiger partial charge in [-0.05, 0) is 60.6 Å². The highest BCUT2D eigenvalue weighted by Gasteiger charge is 2.09. The van der Waals surface area contributed by atoms with Crippen LogP contribution in [0.15, 0.2) is 48.5 Å². The van der Waals surface area contributed by atoms with Crippen molar-refractivity contribution in [1.82, 2.24) is 16.2 Å². The molecule has 0 aliphatic carbocycles. The summed E-state index contributed by atoms with van der Waals surface area (Å²) >= 11 is 5.05. The molecule has 0 unspecified atom stereocenters. The Hall–Kier alpha value is -3.13. The molecule has 0 bridgehead atoms. The van der Waals surface area contributed by atoms with Gasteiger partial charge in [0.2, 0.25) is 5.91 Å². The number of carbonyl (C=O) groups excluding carboxylic acids is 2. The Morgan fingerprint density at radius 1 is 0.933 bits per heavy atom. The molecule has 0 radical (unpaired) electrons. The second-order valence-corrected chi connectivity index (χ2v) is 6.97. The Bertz CT molecular complexity index is 838. The minimum Gasteiger partial charge on any atom is -0.497 e. The largest absolute Gasteiger partial charge is 0.497 e. The highest BCUT2D eigenvalue weighted by molar-refractivity contribution is 7.80. The van der Waals surface area contributed by atoms with Crippen LogP contribution in [0.1, 0.15) is 42.1 Å². The monoisotopic (exact) mass is 429 g/mol. The van der Waals surface area contributed by atoms with E-state index in [-0.39, 0.29) is 23.3 Å². The molecular formula is C22H27N3O4S. The zero-order chi connectivity index (χ0) is 21.8. The number of methoxy groups -OCH3 is 1. The quantitative estimate of drug-likeness (QED) is 0.322. The number of hydrogen-bond acceptors (Lipinski definition) is 5. The van der Waals surface area contributed by atoms with E-state index in [1.165, 1.54) is 0 Å². The van der Waals surface area contributed by atoms with Crippen LogP contribution in [0.3, 0.4) is 0 Å². The smallest absolute Gasteiger partial charge is 0.257 e. The minimum absolute atomic E-state index is 0.00275. The van der Waals surface area contributed by atoms with Crippen molar-refractivity contribution in [3.05, 3.63) is 59.7 Å². The fourth-order valence-electron chi connectivity index (χ4n) is 2.55. The first-order valence-corrected chi connectivity index (χ1v) is 10.2. The van der Waals surface area contributed by atoms with Crippen molar-refractivity contribution < 1.29 is 19.1 Å². The predicted octanol–water partition coefficient (Wildman–Crippen LogP) is 3.14. The SMILES string of the molecule is CCCCCOc1ccc(C(=O)NC(=S)NNC(=O)Cc2ccc(OC)cc2)cc1. The summed E-state index contributed by atoms with van der Waals surface area (Å²) in [5, 5.41) is 2.52. The topological polar surface area (TPSA) is 88.7 Å². The Balaban J connectivity index is 1.72. The molecule has 160 valence electrons. The summed E-state index contributed by atoms with van der Waals surface area (Å²) in [4.78, 5) is 24.3. The average molecular weight is 430 g/mol. The maximum absolute atomic E-state index is 12.3. The maximum atomic E-state index is 12.3. The molecular weight excluding hydrogens is 402 g/mol. The van der Waals surface area contributed by atoms with E-state index in [1.54, 1.807) is 55.6 Å². The fourth-order valence-corrected chi connectivity index (χ4v) is 2.69. The molecule has 2 aromatic rings. The van der Waals surface area contributed by atoms with Gasteiger partial charge < -0.3 is 9.47 Å². The summed E-state index contributed by atoms with van der Waals surface area (Å²) in [5.74, 6) is 0.766. The number of rotatable bonds is 9. The number of amides is 2. The standard InChI is InChI=1S/C22H27N3O4S/c1-3-4-5-14-29-19-12-8-17(9-13-19)21(27)23-22(30)25-24-20(26)15-16-6-10-18(28-2)11-7-16/h6-13H,3-5,14-15H2,1-2H3,(H,24,26)(H2,23,25,27,30). The van der Waals surface area contributed by atoms with Crippen LogP contribution in [0.25, 0.3) is 0 Å². The van der Waals surface area contributed by atoms with Crippen LogP contribution >= 0.6 is 12.2 Å². The van der Waals surface area contributed by atoms with Crippen molar-refractivity contribution in [1.29, 1.82) is 0 Å². The number of nitrogens with one attached hydrogen (secondary N) is 3. The number of benzene rings is 2. The third-order valence-corrected chi connectivity index (χ3v) is 4.40. The molecule has 3 N–H and O–H groups in total. The van der Waals surface area contributed by atoms with Crippen LogP contribution in [0.4, 0.5) is 0 Å². The van der Waals surface area contributed by atoms with Crippen molar-refractivity contribution in [2.24, 2.45) is 0 Å². The van der Waals surface area contributed by atoms with Gasteiger partial charge in [0.25, 0.3) is 5.91 Å². The minimum atomic E-state index is -0.380. The highest BCUT2D eigenvalue weighted by Crippen LogP contribution is 2.13. The van der Waals surface area contributed by atoms with Crippen LogP contribution in [0.2, 0.25) is 0 Å². The van der Waals surface area contributed by atoms with Crippen LogP contribution in [0.5, 0.6) is 11.5 Å². The molecule has 8 heteroatoms. The van der Waals surface area contributed by atoms with Gasteiger partial charge in [-0.3, -0.25) is 25.8 Å². The van der Waals surface area contributed by atoms with E-state index in [9.17, 15) is 9.59 Å². The van der Waals surface area contributed by atoms with Gasteiger partial charge in [0.15, 0.2) is 5.11 Å². The second kappa shape index (κ2) is 12.4. The molecule has 0 heterocycles. The summed E-state index contributed by atoms with van der Waals surface area (Å²) in [5.41, 5.74) is 6.25. The lowest BCUT2D eigenvalue weighted by atomic mass is 10.1. The predicted molar refractivity (Wildman–Crippen MR) is 120 cm³/mol. The lowest BCUT2D eigenvalue weighted by Gasteiger charge is -2.11. The van der Waals surface area contributed by atoms with Gasteiger partial charge in [0.1, 0.15) is 11.5 Å². The van der Waals surface area contributed by atoms with Crippen molar-refractivity contribution in [3.63, 3.8) is 0 Å². The number of ether oxygens (including phenoxy) is 2. The molecule has 0 aromatic heterocycles. The molecule has 30 heavy (non-hydrogen) atoms. The average Bonchev–Trinajstić information content (AvgIpc) is 2.76. The molecule has 0 atom stereocenters. The van der Waals surface area contributed by atoms with Crippen molar-refractivity contribution >= 4 is 29.1 Å². The molecule has 0 fully saturated rings. The molecule has 0 saturated carbocycles. The lowest BCUT2D eigenvalue weighted by molar-refractivity contribution is -0.121. The number of unbranched alkanes of at least 4 members (excludes halogenated alkanes) is 2. The lowest BCUT2D eigenvalue weighted by Crippen LogP contribution is -2.48. The van der Waals surface area contributed by atoms with Crippen LogP contribution < -0.4 is 25.6 Å². The van der Waals surface area contributed by atoms with Gasteiger partial charge >= 0.3 is 0 Å². The fraction of sp³-hybridized carbons (Fsp3) is 0.318. The van der Waals surface area contributed by atoms with E-state index in [2.05, 4.69) is 23.1 Å². The Morgan fingerprint density at radius 3 is 2.23 bits per heavy atom. The van der Waals surface area contributed by atoms with E-state index in [1.807, 2.05) is 0 Å². The van der Waals surface area contributed by atoms with Crippen molar-refractivity contribution in [3.8, 4) is 11.5 Å². The maximum Gasteiger partial charge on any atom is 0.257 e.